The molecule has 0 aliphatic carbocycles. The molecular formula is C43H23F15IrN7-3. The van der Waals surface area contributed by atoms with Crippen molar-refractivity contribution < 1.29 is 95.1 Å². The Morgan fingerprint density at radius 3 is 1.30 bits per heavy atom. The van der Waals surface area contributed by atoms with E-state index in [1.54, 1.807) is 18.2 Å². The van der Waals surface area contributed by atoms with E-state index in [1.807, 2.05) is 0 Å². The first-order valence-electron chi connectivity index (χ1n) is 17.9. The van der Waals surface area contributed by atoms with Crippen LogP contribution in [0.15, 0.2) is 140 Å². The number of imidazole rings is 2. The second-order valence-corrected chi connectivity index (χ2v) is 13.1. The zero-order valence-electron chi connectivity index (χ0n) is 32.4. The molecule has 0 N–H and O–H groups in total. The molecule has 0 saturated carbocycles. The number of benzene rings is 4. The Hall–Kier alpha value is -6.74. The Morgan fingerprint density at radius 2 is 0.924 bits per heavy atom. The first-order chi connectivity index (χ1) is 30.4. The van der Waals surface area contributed by atoms with E-state index in [2.05, 4.69) is 40.0 Å². The number of nitrogens with zero attached hydrogens (tertiary/aromatic N) is 7. The molecule has 23 heteroatoms. The van der Waals surface area contributed by atoms with E-state index >= 15 is 0 Å². The van der Waals surface area contributed by atoms with Gasteiger partial charge in [0.25, 0.3) is 12.7 Å². The van der Waals surface area contributed by atoms with Crippen LogP contribution in [0.2, 0.25) is 0 Å². The average Bonchev–Trinajstić information content (AvgIpc) is 4.06. The molecule has 0 amide bonds. The van der Waals surface area contributed by atoms with Gasteiger partial charge in [0, 0.05) is 56.8 Å². The summed E-state index contributed by atoms with van der Waals surface area (Å²) in [5.41, 5.74) is -3.36. The fraction of sp³-hybridized carbons (Fsp3) is 0.116. The summed E-state index contributed by atoms with van der Waals surface area (Å²) >= 11 is 0. The van der Waals surface area contributed by atoms with Gasteiger partial charge in [0.05, 0.1) is 22.5 Å². The first kappa shape index (κ1) is 50.3. The molecule has 347 valence electrons. The van der Waals surface area contributed by atoms with E-state index in [9.17, 15) is 65.9 Å². The predicted octanol–water partition coefficient (Wildman–Crippen LogP) is 10.9. The molecule has 1 radical (unpaired) electrons. The van der Waals surface area contributed by atoms with Gasteiger partial charge < -0.3 is 19.3 Å². The molecule has 0 unspecified atom stereocenters. The molecule has 0 fully saturated rings. The minimum atomic E-state index is -4.51. The van der Waals surface area contributed by atoms with Gasteiger partial charge >= 0.3 is 30.9 Å². The van der Waals surface area contributed by atoms with Crippen LogP contribution < -0.4 is 14.2 Å². The maximum atomic E-state index is 12.8. The molecule has 0 atom stereocenters. The SMILES string of the molecule is FC(F)(F)c1cc(-c2ccccn2)[n-]n1.FC(F)(F)c1cc[c-]c(-n2[c-][n+](-c3cccc(C(F)(F)F)c3)cc2)c1.FC(F)(F)c1cc[c-]c(-n2[c-][n+](-c3cccc(C(F)(F)F)c3)cc2)c1.[Ir]. The van der Waals surface area contributed by atoms with E-state index in [4.69, 9.17) is 0 Å². The maximum Gasteiger partial charge on any atom is 0.431 e. The van der Waals surface area contributed by atoms with Crippen LogP contribution in [-0.4, -0.2) is 19.2 Å². The Labute approximate surface area is 376 Å². The van der Waals surface area contributed by atoms with Crippen LogP contribution in [0, 0.1) is 24.8 Å². The van der Waals surface area contributed by atoms with Gasteiger partial charge in [-0.15, -0.1) is 12.1 Å². The molecule has 4 aromatic heterocycles. The first-order valence-corrected chi connectivity index (χ1v) is 17.9. The van der Waals surface area contributed by atoms with Crippen molar-refractivity contribution in [2.75, 3.05) is 0 Å². The fourth-order valence-corrected chi connectivity index (χ4v) is 5.46. The van der Waals surface area contributed by atoms with Crippen molar-refractivity contribution in [1.29, 1.82) is 0 Å². The molecule has 8 aromatic rings. The third-order valence-corrected chi connectivity index (χ3v) is 8.57. The van der Waals surface area contributed by atoms with Crippen molar-refractivity contribution in [2.24, 2.45) is 0 Å². The van der Waals surface area contributed by atoms with Gasteiger partial charge in [-0.3, -0.25) is 14.1 Å². The normalized spacial score (nSPS) is 12.0. The van der Waals surface area contributed by atoms with Crippen molar-refractivity contribution in [2.45, 2.75) is 30.9 Å². The van der Waals surface area contributed by atoms with E-state index in [0.717, 1.165) is 66.7 Å². The number of pyridine rings is 1. The minimum Gasteiger partial charge on any atom is -0.573 e. The molecule has 0 bridgehead atoms. The molecule has 7 nitrogen and oxygen atoms in total. The summed E-state index contributed by atoms with van der Waals surface area (Å²) < 4.78 is 195. The zero-order valence-corrected chi connectivity index (χ0v) is 34.8. The molecule has 66 heavy (non-hydrogen) atoms. The van der Waals surface area contributed by atoms with Crippen LogP contribution in [-0.2, 0) is 51.0 Å². The number of hydrogen-bond acceptors (Lipinski definition) is 2. The fourth-order valence-electron chi connectivity index (χ4n) is 5.46. The second-order valence-electron chi connectivity index (χ2n) is 13.1. The van der Waals surface area contributed by atoms with Crippen LogP contribution in [0.5, 0.6) is 0 Å². The van der Waals surface area contributed by atoms with Crippen LogP contribution in [0.4, 0.5) is 65.9 Å². The molecule has 0 spiro atoms. The van der Waals surface area contributed by atoms with Crippen LogP contribution in [0.25, 0.3) is 34.1 Å². The summed E-state index contributed by atoms with van der Waals surface area (Å²) in [6, 6.07) is 25.9. The van der Waals surface area contributed by atoms with Crippen LogP contribution in [0.1, 0.15) is 27.9 Å². The molecule has 0 aliphatic heterocycles. The molecule has 4 heterocycles. The summed E-state index contributed by atoms with van der Waals surface area (Å²) in [5.74, 6) is 0. The Bertz CT molecular complexity index is 2540. The van der Waals surface area contributed by atoms with E-state index < -0.39 is 58.8 Å². The van der Waals surface area contributed by atoms with Crippen LogP contribution in [0.3, 0.4) is 0 Å². The van der Waals surface area contributed by atoms with E-state index in [0.29, 0.717) is 5.69 Å². The Kier molecular flexibility index (Phi) is 15.1. The van der Waals surface area contributed by atoms with Gasteiger partial charge in [0.15, 0.2) is 0 Å². The summed E-state index contributed by atoms with van der Waals surface area (Å²) in [5, 5.41) is 6.47. The average molecular weight is 1110 g/mol. The second kappa shape index (κ2) is 19.8. The summed E-state index contributed by atoms with van der Waals surface area (Å²) in [4.78, 5) is 3.87. The van der Waals surface area contributed by atoms with Gasteiger partial charge in [-0.25, -0.2) is 0 Å². The van der Waals surface area contributed by atoms with Crippen molar-refractivity contribution >= 4 is 0 Å². The smallest absolute Gasteiger partial charge is 0.431 e. The quantitative estimate of drug-likeness (QED) is 0.0980. The number of rotatable bonds is 5. The number of halogens is 15. The van der Waals surface area contributed by atoms with Crippen molar-refractivity contribution in [3.8, 4) is 34.1 Å². The third kappa shape index (κ3) is 13.0. The summed E-state index contributed by atoms with van der Waals surface area (Å²) in [6.45, 7) is 0. The molecule has 0 aliphatic rings. The summed E-state index contributed by atoms with van der Waals surface area (Å²) in [6.07, 6.45) is -10.1. The van der Waals surface area contributed by atoms with Gasteiger partial charge in [0.1, 0.15) is 5.69 Å². The maximum absolute atomic E-state index is 12.8. The van der Waals surface area contributed by atoms with Crippen LogP contribution >= 0.6 is 0 Å². The molecular weight excluding hydrogens is 1090 g/mol. The Balaban J connectivity index is 0.000000190. The predicted molar refractivity (Wildman–Crippen MR) is 196 cm³/mol. The monoisotopic (exact) mass is 1120 g/mol. The van der Waals surface area contributed by atoms with Gasteiger partial charge in [-0.1, -0.05) is 47.2 Å². The number of aromatic nitrogens is 7. The molecule has 0 saturated heterocycles. The zero-order chi connectivity index (χ0) is 47.4. The topological polar surface area (TPSA) is 57.5 Å². The van der Waals surface area contributed by atoms with Gasteiger partial charge in [-0.2, -0.15) is 102 Å². The van der Waals surface area contributed by atoms with Crippen molar-refractivity contribution in [3.63, 3.8) is 0 Å². The standard InChI is InChI=1S/2C17H9F6N2.C9H5F3N3.Ir/c2*18-16(19,20)12-3-1-5-14(9-12)24-7-8-25(11-24)15-6-2-4-13(10-15)17(21,22)23;10-9(11,12)8-5-7(14-15-8)6-3-1-2-4-13-6;/h2*1-5,7-10H;1-5H;/q3*-1;. The van der Waals surface area contributed by atoms with Gasteiger partial charge in [-0.05, 0) is 53.8 Å². The van der Waals surface area contributed by atoms with E-state index in [1.165, 1.54) is 73.5 Å². The summed E-state index contributed by atoms with van der Waals surface area (Å²) in [7, 11) is 0. The minimum absolute atomic E-state index is 0. The third-order valence-electron chi connectivity index (χ3n) is 8.57. The van der Waals surface area contributed by atoms with Gasteiger partial charge in [0.2, 0.25) is 0 Å². The molecule has 8 rings (SSSR count). The van der Waals surface area contributed by atoms with Crippen molar-refractivity contribution in [3.05, 3.63) is 193 Å². The number of hydrogen-bond donors (Lipinski definition) is 0. The van der Waals surface area contributed by atoms with Crippen molar-refractivity contribution in [1.82, 2.24) is 24.3 Å². The largest absolute Gasteiger partial charge is 0.573 e. The van der Waals surface area contributed by atoms with E-state index in [-0.39, 0.29) is 48.5 Å². The molecule has 4 aromatic carbocycles. The number of alkyl halides is 15. The Morgan fingerprint density at radius 1 is 0.485 bits per heavy atom.